The van der Waals surface area contributed by atoms with E-state index in [2.05, 4.69) is 16.7 Å². The Morgan fingerprint density at radius 2 is 2.25 bits per heavy atom. The summed E-state index contributed by atoms with van der Waals surface area (Å²) < 4.78 is 4.99. The molecule has 1 saturated heterocycles. The van der Waals surface area contributed by atoms with Gasteiger partial charge in [0.25, 0.3) is 0 Å². The molecule has 0 aliphatic carbocycles. The van der Waals surface area contributed by atoms with E-state index in [9.17, 15) is 14.4 Å². The van der Waals surface area contributed by atoms with Crippen molar-refractivity contribution in [3.05, 3.63) is 35.1 Å². The smallest absolute Gasteiger partial charge is 0.684 e. The molecule has 2 rings (SSSR count). The molecule has 0 radical (unpaired) electrons. The second-order valence-electron chi connectivity index (χ2n) is 4.04. The fourth-order valence-electron chi connectivity index (χ4n) is 1.71. The van der Waals surface area contributed by atoms with Crippen molar-refractivity contribution >= 4 is 17.7 Å². The number of carbonyl (C=O) groups is 3. The summed E-state index contributed by atoms with van der Waals surface area (Å²) in [4.78, 5) is 34.3. The first-order valence-electron chi connectivity index (χ1n) is 5.75. The fraction of sp³-hybridized carbons (Fsp3) is 0.308. The first kappa shape index (κ1) is 16.4. The number of nitrogens with zero attached hydrogens (tertiary/aromatic N) is 1. The molecule has 20 heavy (non-hydrogen) atoms. The number of piperidine rings is 1. The van der Waals surface area contributed by atoms with Crippen molar-refractivity contribution in [2.75, 3.05) is 7.11 Å². The van der Waals surface area contributed by atoms with Crippen LogP contribution >= 0.6 is 0 Å². The van der Waals surface area contributed by atoms with E-state index in [0.717, 1.165) is 0 Å². The van der Waals surface area contributed by atoms with Crippen LogP contribution in [0.2, 0.25) is 0 Å². The Balaban J connectivity index is 0.00000200. The van der Waals surface area contributed by atoms with E-state index in [1.807, 2.05) is 0 Å². The van der Waals surface area contributed by atoms with Gasteiger partial charge >= 0.3 is 21.1 Å². The molecule has 1 aliphatic rings. The summed E-state index contributed by atoms with van der Waals surface area (Å²) in [6, 6.07) is 6.62. The Bertz CT molecular complexity index is 533. The number of hydrogen-bond donors (Lipinski definition) is 1. The zero-order chi connectivity index (χ0) is 13.8. The van der Waals surface area contributed by atoms with Crippen LogP contribution in [0.4, 0.5) is 0 Å². The van der Waals surface area contributed by atoms with Crippen LogP contribution in [0.5, 0.6) is 5.75 Å². The number of hydrogen-bond acceptors (Lipinski definition) is 4. The number of rotatable bonds is 3. The SMILES string of the molecule is COc1cc[c-]c(C(=O)[N-]C2CCC(=O)NC2=O)c1.[W+2]. The van der Waals surface area contributed by atoms with Gasteiger partial charge in [-0.2, -0.15) is 0 Å². The van der Waals surface area contributed by atoms with Gasteiger partial charge in [-0.3, -0.25) is 14.9 Å². The van der Waals surface area contributed by atoms with E-state index in [1.165, 1.54) is 13.2 Å². The molecule has 6 nitrogen and oxygen atoms in total. The normalized spacial score (nSPS) is 17.8. The Morgan fingerprint density at radius 1 is 1.50 bits per heavy atom. The van der Waals surface area contributed by atoms with E-state index in [0.29, 0.717) is 5.75 Å². The number of nitrogens with one attached hydrogen (secondary N) is 1. The minimum atomic E-state index is -0.815. The van der Waals surface area contributed by atoms with Crippen molar-refractivity contribution in [3.8, 4) is 5.75 Å². The summed E-state index contributed by atoms with van der Waals surface area (Å²) in [5.74, 6) is -0.904. The van der Waals surface area contributed by atoms with Gasteiger partial charge in [0.2, 0.25) is 11.8 Å². The maximum Gasteiger partial charge on any atom is 2.00 e. The molecule has 1 N–H and O–H groups in total. The Kier molecular flexibility index (Phi) is 5.89. The van der Waals surface area contributed by atoms with Crippen LogP contribution in [0.25, 0.3) is 5.32 Å². The van der Waals surface area contributed by atoms with Crippen LogP contribution in [0, 0.1) is 6.07 Å². The Hall–Kier alpha value is -1.68. The minimum Gasteiger partial charge on any atom is -0.684 e. The van der Waals surface area contributed by atoms with E-state index in [-0.39, 0.29) is 45.4 Å². The summed E-state index contributed by atoms with van der Waals surface area (Å²) in [7, 11) is 1.49. The summed E-state index contributed by atoms with van der Waals surface area (Å²) in [5.41, 5.74) is 0.226. The molecule has 1 aromatic carbocycles. The quantitative estimate of drug-likeness (QED) is 0.553. The maximum atomic E-state index is 11.9. The molecule has 0 saturated carbocycles. The third-order valence-corrected chi connectivity index (χ3v) is 2.72. The first-order chi connectivity index (χ1) is 9.10. The second-order valence-corrected chi connectivity index (χ2v) is 4.04. The van der Waals surface area contributed by atoms with Crippen molar-refractivity contribution < 1.29 is 40.2 Å². The topological polar surface area (TPSA) is 86.6 Å². The molecule has 1 fully saturated rings. The van der Waals surface area contributed by atoms with Gasteiger partial charge in [0.1, 0.15) is 0 Å². The molecular weight excluding hydrogens is 432 g/mol. The number of methoxy groups -OCH3 is 1. The van der Waals surface area contributed by atoms with E-state index in [1.54, 1.807) is 12.1 Å². The monoisotopic (exact) mass is 444 g/mol. The molecule has 104 valence electrons. The van der Waals surface area contributed by atoms with Crippen molar-refractivity contribution in [3.63, 3.8) is 0 Å². The molecule has 0 spiro atoms. The summed E-state index contributed by atoms with van der Waals surface area (Å²) >= 11 is 0. The van der Waals surface area contributed by atoms with Gasteiger partial charge in [0, 0.05) is 12.2 Å². The predicted octanol–water partition coefficient (Wildman–Crippen LogP) is 0.812. The van der Waals surface area contributed by atoms with Crippen LogP contribution < -0.4 is 10.1 Å². The van der Waals surface area contributed by atoms with Crippen molar-refractivity contribution in [1.29, 1.82) is 0 Å². The summed E-state index contributed by atoms with van der Waals surface area (Å²) in [6.07, 6.45) is 0.440. The average Bonchev–Trinajstić information content (AvgIpc) is 2.42. The minimum absolute atomic E-state index is 0. The molecular formula is C13H12N2O4W. The molecule has 3 amide bonds. The standard InChI is InChI=1S/C13H13N2O4.W/c1-19-9-4-2-3-8(7-9)12(17)14-10-5-6-11(16)15-13(10)18;/h2,4,7,10H,5-6H2,1H3,(H2,14,15,16,17,18);/q-1;+2/p-1. The van der Waals surface area contributed by atoms with Gasteiger partial charge < -0.3 is 14.8 Å². The zero-order valence-electron chi connectivity index (χ0n) is 10.7. The number of benzene rings is 1. The largest absolute Gasteiger partial charge is 2.00 e. The van der Waals surface area contributed by atoms with Gasteiger partial charge in [0.15, 0.2) is 0 Å². The van der Waals surface area contributed by atoms with E-state index in [4.69, 9.17) is 4.74 Å². The van der Waals surface area contributed by atoms with Crippen LogP contribution in [-0.4, -0.2) is 30.9 Å². The predicted molar refractivity (Wildman–Crippen MR) is 65.7 cm³/mol. The van der Waals surface area contributed by atoms with Crippen LogP contribution in [-0.2, 0) is 30.7 Å². The molecule has 1 heterocycles. The molecule has 1 atom stereocenters. The van der Waals surface area contributed by atoms with E-state index >= 15 is 0 Å². The maximum absolute atomic E-state index is 11.9. The van der Waals surface area contributed by atoms with Crippen LogP contribution in [0.15, 0.2) is 18.2 Å². The second kappa shape index (κ2) is 7.19. The molecule has 1 aromatic rings. The third-order valence-electron chi connectivity index (χ3n) is 2.72. The number of carbonyl (C=O) groups excluding carboxylic acids is 3. The van der Waals surface area contributed by atoms with Gasteiger partial charge in [-0.15, -0.1) is 29.8 Å². The number of imide groups is 1. The fourth-order valence-corrected chi connectivity index (χ4v) is 1.71. The average molecular weight is 444 g/mol. The van der Waals surface area contributed by atoms with Crippen molar-refractivity contribution in [2.24, 2.45) is 0 Å². The Labute approximate surface area is 130 Å². The molecule has 7 heteroatoms. The number of ether oxygens (including phenoxy) is 1. The van der Waals surface area contributed by atoms with Gasteiger partial charge in [0.05, 0.1) is 7.11 Å². The molecule has 0 bridgehead atoms. The van der Waals surface area contributed by atoms with Crippen molar-refractivity contribution in [1.82, 2.24) is 5.32 Å². The van der Waals surface area contributed by atoms with Gasteiger partial charge in [-0.05, 0) is 18.4 Å². The van der Waals surface area contributed by atoms with Crippen LogP contribution in [0.1, 0.15) is 23.2 Å². The first-order valence-corrected chi connectivity index (χ1v) is 5.75. The molecule has 1 unspecified atom stereocenters. The van der Waals surface area contributed by atoms with Crippen LogP contribution in [0.3, 0.4) is 0 Å². The van der Waals surface area contributed by atoms with Gasteiger partial charge in [-0.1, -0.05) is 0 Å². The Morgan fingerprint density at radius 3 is 2.90 bits per heavy atom. The molecule has 1 aliphatic heterocycles. The van der Waals surface area contributed by atoms with Crippen molar-refractivity contribution in [2.45, 2.75) is 18.9 Å². The summed E-state index contributed by atoms with van der Waals surface area (Å²) in [6.45, 7) is 0. The third kappa shape index (κ3) is 3.90. The summed E-state index contributed by atoms with van der Waals surface area (Å²) in [5, 5.41) is 5.96. The van der Waals surface area contributed by atoms with E-state index < -0.39 is 17.9 Å². The van der Waals surface area contributed by atoms with Gasteiger partial charge in [-0.25, -0.2) is 0 Å². The molecule has 0 aromatic heterocycles. The number of amides is 3. The zero-order valence-corrected chi connectivity index (χ0v) is 13.6.